The second kappa shape index (κ2) is 5.48. The number of carbonyl (C=O) groups excluding carboxylic acids is 1. The van der Waals surface area contributed by atoms with Crippen LogP contribution in [0.15, 0.2) is 35.4 Å². The first-order valence-electron chi connectivity index (χ1n) is 5.47. The summed E-state index contributed by atoms with van der Waals surface area (Å²) in [4.78, 5) is 11.4. The van der Waals surface area contributed by atoms with Gasteiger partial charge in [0.05, 0.1) is 0 Å². The Hall–Kier alpha value is -1.84. The molecule has 0 unspecified atom stereocenters. The van der Waals surface area contributed by atoms with E-state index in [0.717, 1.165) is 5.71 Å². The van der Waals surface area contributed by atoms with Crippen LogP contribution >= 0.6 is 0 Å². The van der Waals surface area contributed by atoms with E-state index in [0.29, 0.717) is 5.75 Å². The van der Waals surface area contributed by atoms with Gasteiger partial charge in [0.25, 0.3) is 0 Å². The molecular formula is C13H18N2O2. The Kier molecular flexibility index (Phi) is 4.26. The molecule has 17 heavy (non-hydrogen) atoms. The molecular weight excluding hydrogens is 216 g/mol. The topological polar surface area (TPSA) is 50.7 Å². The van der Waals surface area contributed by atoms with Gasteiger partial charge in [0.1, 0.15) is 5.75 Å². The van der Waals surface area contributed by atoms with Gasteiger partial charge < -0.3 is 4.74 Å². The summed E-state index contributed by atoms with van der Waals surface area (Å²) in [6, 6.07) is 8.87. The van der Waals surface area contributed by atoms with Gasteiger partial charge in [-0.15, -0.1) is 0 Å². The Morgan fingerprint density at radius 3 is 2.35 bits per heavy atom. The van der Waals surface area contributed by atoms with Crippen molar-refractivity contribution in [3.05, 3.63) is 30.3 Å². The van der Waals surface area contributed by atoms with Crippen molar-refractivity contribution in [1.82, 2.24) is 5.43 Å². The van der Waals surface area contributed by atoms with Crippen LogP contribution in [-0.4, -0.2) is 11.8 Å². The third-order valence-electron chi connectivity index (χ3n) is 2.35. The SMILES string of the molecule is CC(=NNC(=O)Oc1ccccc1)C(C)(C)C. The van der Waals surface area contributed by atoms with E-state index in [2.05, 4.69) is 10.5 Å². The predicted octanol–water partition coefficient (Wildman–Crippen LogP) is 3.20. The summed E-state index contributed by atoms with van der Waals surface area (Å²) in [5.41, 5.74) is 3.13. The number of benzene rings is 1. The summed E-state index contributed by atoms with van der Waals surface area (Å²) >= 11 is 0. The number of nitrogens with one attached hydrogen (secondary N) is 1. The number of hydrogen-bond acceptors (Lipinski definition) is 3. The molecule has 1 rings (SSSR count). The van der Waals surface area contributed by atoms with Crippen LogP contribution in [0.5, 0.6) is 5.75 Å². The Labute approximate surface area is 102 Å². The maximum atomic E-state index is 11.4. The number of hydrogen-bond donors (Lipinski definition) is 1. The molecule has 1 N–H and O–H groups in total. The van der Waals surface area contributed by atoms with Gasteiger partial charge in [-0.25, -0.2) is 10.2 Å². The minimum atomic E-state index is -0.584. The van der Waals surface area contributed by atoms with E-state index in [9.17, 15) is 4.79 Å². The van der Waals surface area contributed by atoms with E-state index in [1.807, 2.05) is 33.8 Å². The second-order valence-corrected chi connectivity index (χ2v) is 4.76. The van der Waals surface area contributed by atoms with Crippen LogP contribution in [0, 0.1) is 5.41 Å². The Balaban J connectivity index is 2.52. The molecule has 0 fully saturated rings. The number of para-hydroxylation sites is 1. The third kappa shape index (κ3) is 4.68. The van der Waals surface area contributed by atoms with Crippen molar-refractivity contribution >= 4 is 11.8 Å². The maximum absolute atomic E-state index is 11.4. The summed E-state index contributed by atoms with van der Waals surface area (Å²) in [5, 5.41) is 3.98. The summed E-state index contributed by atoms with van der Waals surface area (Å²) < 4.78 is 5.02. The number of rotatable bonds is 2. The van der Waals surface area contributed by atoms with Crippen LogP contribution in [0.2, 0.25) is 0 Å². The largest absolute Gasteiger partial charge is 0.433 e. The molecule has 1 aromatic rings. The van der Waals surface area contributed by atoms with Crippen LogP contribution in [0.25, 0.3) is 0 Å². The highest BCUT2D eigenvalue weighted by Crippen LogP contribution is 2.15. The molecule has 0 aromatic heterocycles. The van der Waals surface area contributed by atoms with E-state index in [-0.39, 0.29) is 5.41 Å². The first-order chi connectivity index (χ1) is 7.89. The van der Waals surface area contributed by atoms with Crippen molar-refractivity contribution < 1.29 is 9.53 Å². The Morgan fingerprint density at radius 2 is 1.82 bits per heavy atom. The molecule has 92 valence electrons. The van der Waals surface area contributed by atoms with Crippen molar-refractivity contribution in [3.8, 4) is 5.75 Å². The van der Waals surface area contributed by atoms with Crippen molar-refractivity contribution in [1.29, 1.82) is 0 Å². The smallest absolute Gasteiger partial charge is 0.409 e. The van der Waals surface area contributed by atoms with Gasteiger partial charge in [0.2, 0.25) is 0 Å². The minimum absolute atomic E-state index is 0.0694. The van der Waals surface area contributed by atoms with Crippen molar-refractivity contribution in [3.63, 3.8) is 0 Å². The number of hydrazone groups is 1. The maximum Gasteiger partial charge on any atom is 0.433 e. The standard InChI is InChI=1S/C13H18N2O2/c1-10(13(2,3)4)14-15-12(16)17-11-8-6-5-7-9-11/h5-9H,1-4H3,(H,15,16). The Morgan fingerprint density at radius 1 is 1.24 bits per heavy atom. The zero-order chi connectivity index (χ0) is 12.9. The lowest BCUT2D eigenvalue weighted by Crippen LogP contribution is -2.26. The van der Waals surface area contributed by atoms with E-state index in [1.165, 1.54) is 0 Å². The van der Waals surface area contributed by atoms with Gasteiger partial charge in [-0.05, 0) is 19.1 Å². The van der Waals surface area contributed by atoms with Crippen LogP contribution in [-0.2, 0) is 0 Å². The normalized spacial score (nSPS) is 12.1. The van der Waals surface area contributed by atoms with Gasteiger partial charge in [-0.2, -0.15) is 5.10 Å². The van der Waals surface area contributed by atoms with Crippen molar-refractivity contribution in [2.75, 3.05) is 0 Å². The zero-order valence-corrected chi connectivity index (χ0v) is 10.7. The zero-order valence-electron chi connectivity index (χ0n) is 10.7. The third-order valence-corrected chi connectivity index (χ3v) is 2.35. The first-order valence-corrected chi connectivity index (χ1v) is 5.47. The summed E-state index contributed by atoms with van der Waals surface area (Å²) in [6.07, 6.45) is -0.584. The molecule has 0 aliphatic rings. The molecule has 0 saturated heterocycles. The van der Waals surface area contributed by atoms with Gasteiger partial charge >= 0.3 is 6.09 Å². The summed E-state index contributed by atoms with van der Waals surface area (Å²) in [7, 11) is 0. The quantitative estimate of drug-likeness (QED) is 0.631. The van der Waals surface area contributed by atoms with Gasteiger partial charge in [-0.1, -0.05) is 39.0 Å². The van der Waals surface area contributed by atoms with Crippen molar-refractivity contribution in [2.24, 2.45) is 10.5 Å². The summed E-state index contributed by atoms with van der Waals surface area (Å²) in [6.45, 7) is 7.94. The molecule has 0 heterocycles. The lowest BCUT2D eigenvalue weighted by molar-refractivity contribution is 0.201. The molecule has 0 spiro atoms. The lowest BCUT2D eigenvalue weighted by Gasteiger charge is -2.17. The molecule has 0 radical (unpaired) electrons. The molecule has 4 heteroatoms. The second-order valence-electron chi connectivity index (χ2n) is 4.76. The highest BCUT2D eigenvalue weighted by molar-refractivity contribution is 5.87. The average Bonchev–Trinajstić information content (AvgIpc) is 2.26. The predicted molar refractivity (Wildman–Crippen MR) is 68.2 cm³/mol. The highest BCUT2D eigenvalue weighted by atomic mass is 16.6. The molecule has 1 aromatic carbocycles. The number of nitrogens with zero attached hydrogens (tertiary/aromatic N) is 1. The molecule has 0 bridgehead atoms. The number of carbonyl (C=O) groups is 1. The van der Waals surface area contributed by atoms with Gasteiger partial charge in [0.15, 0.2) is 0 Å². The fourth-order valence-electron chi connectivity index (χ4n) is 0.916. The van der Waals surface area contributed by atoms with Crippen LogP contribution in [0.4, 0.5) is 4.79 Å². The number of ether oxygens (including phenoxy) is 1. The first kappa shape index (κ1) is 13.2. The van der Waals surface area contributed by atoms with Crippen LogP contribution < -0.4 is 10.2 Å². The fourth-order valence-corrected chi connectivity index (χ4v) is 0.916. The van der Waals surface area contributed by atoms with Crippen LogP contribution in [0.3, 0.4) is 0 Å². The van der Waals surface area contributed by atoms with Crippen molar-refractivity contribution in [2.45, 2.75) is 27.7 Å². The monoisotopic (exact) mass is 234 g/mol. The Bertz CT molecular complexity index is 405. The molecule has 4 nitrogen and oxygen atoms in total. The molecule has 0 saturated carbocycles. The molecule has 0 aliphatic heterocycles. The van der Waals surface area contributed by atoms with E-state index < -0.39 is 6.09 Å². The van der Waals surface area contributed by atoms with E-state index in [1.54, 1.807) is 24.3 Å². The molecule has 0 atom stereocenters. The highest BCUT2D eigenvalue weighted by Gasteiger charge is 2.14. The average molecular weight is 234 g/mol. The van der Waals surface area contributed by atoms with E-state index >= 15 is 0 Å². The number of amides is 1. The molecule has 1 amide bonds. The summed E-state index contributed by atoms with van der Waals surface area (Å²) in [5.74, 6) is 0.494. The van der Waals surface area contributed by atoms with Gasteiger partial charge in [0, 0.05) is 11.1 Å². The van der Waals surface area contributed by atoms with Crippen LogP contribution in [0.1, 0.15) is 27.7 Å². The molecule has 0 aliphatic carbocycles. The van der Waals surface area contributed by atoms with Gasteiger partial charge in [-0.3, -0.25) is 0 Å². The van der Waals surface area contributed by atoms with E-state index in [4.69, 9.17) is 4.74 Å². The fraction of sp³-hybridized carbons (Fsp3) is 0.385. The minimum Gasteiger partial charge on any atom is -0.409 e. The lowest BCUT2D eigenvalue weighted by atomic mass is 9.91.